The Morgan fingerprint density at radius 3 is 2.55 bits per heavy atom. The van der Waals surface area contributed by atoms with Gasteiger partial charge in [0.15, 0.2) is 0 Å². The third-order valence-corrected chi connectivity index (χ3v) is 4.21. The molecule has 0 saturated carbocycles. The molecule has 110 valence electrons. The molecule has 1 aliphatic heterocycles. The minimum atomic E-state index is -0.858. The van der Waals surface area contributed by atoms with Gasteiger partial charge in [0.1, 0.15) is 11.6 Å². The van der Waals surface area contributed by atoms with E-state index in [2.05, 4.69) is 0 Å². The molecule has 5 heteroatoms. The van der Waals surface area contributed by atoms with Crippen LogP contribution in [0.25, 0.3) is 0 Å². The zero-order valence-corrected chi connectivity index (χ0v) is 11.7. The minimum Gasteiger partial charge on any atom is -0.481 e. The maximum atomic E-state index is 13.8. The highest BCUT2D eigenvalue weighted by Crippen LogP contribution is 2.35. The summed E-state index contributed by atoms with van der Waals surface area (Å²) in [4.78, 5) is 13.2. The first-order valence-corrected chi connectivity index (χ1v) is 6.76. The van der Waals surface area contributed by atoms with E-state index in [1.54, 1.807) is 13.8 Å². The van der Waals surface area contributed by atoms with E-state index >= 15 is 0 Å². The third-order valence-electron chi connectivity index (χ3n) is 4.21. The van der Waals surface area contributed by atoms with E-state index in [1.807, 2.05) is 4.90 Å². The van der Waals surface area contributed by atoms with Crippen molar-refractivity contribution in [1.82, 2.24) is 4.90 Å². The van der Waals surface area contributed by atoms with Gasteiger partial charge in [-0.05, 0) is 45.4 Å². The second kappa shape index (κ2) is 5.48. The number of hydrogen-bond donors (Lipinski definition) is 1. The summed E-state index contributed by atoms with van der Waals surface area (Å²) in [6, 6.07) is 3.32. The Bertz CT molecular complexity index is 500. The van der Waals surface area contributed by atoms with Crippen molar-refractivity contribution in [2.45, 2.75) is 32.7 Å². The lowest BCUT2D eigenvalue weighted by molar-refractivity contribution is -0.151. The number of likely N-dealkylation sites (tertiary alicyclic amines) is 1. The average Bonchev–Trinajstić information content (AvgIpc) is 2.38. The predicted molar refractivity (Wildman–Crippen MR) is 71.3 cm³/mol. The van der Waals surface area contributed by atoms with Crippen molar-refractivity contribution in [2.24, 2.45) is 5.41 Å². The van der Waals surface area contributed by atoms with Crippen LogP contribution in [-0.2, 0) is 4.79 Å². The molecule has 0 aromatic heterocycles. The number of halogens is 2. The van der Waals surface area contributed by atoms with Gasteiger partial charge in [0.05, 0.1) is 5.41 Å². The van der Waals surface area contributed by atoms with Gasteiger partial charge in [0, 0.05) is 18.2 Å². The number of hydrogen-bond acceptors (Lipinski definition) is 2. The highest BCUT2D eigenvalue weighted by atomic mass is 19.1. The van der Waals surface area contributed by atoms with Gasteiger partial charge in [0.2, 0.25) is 0 Å². The molecule has 0 radical (unpaired) electrons. The van der Waals surface area contributed by atoms with E-state index < -0.39 is 29.1 Å². The minimum absolute atomic E-state index is 0.0159. The SMILES string of the molecule is CC(c1c(F)cccc1F)N1CCCC(C)(C(=O)O)C1. The van der Waals surface area contributed by atoms with Crippen LogP contribution in [0.2, 0.25) is 0 Å². The Labute approximate surface area is 117 Å². The van der Waals surface area contributed by atoms with Crippen LogP contribution in [0.5, 0.6) is 0 Å². The third kappa shape index (κ3) is 2.68. The molecule has 0 aliphatic carbocycles. The Balaban J connectivity index is 2.25. The largest absolute Gasteiger partial charge is 0.481 e. The van der Waals surface area contributed by atoms with Crippen molar-refractivity contribution < 1.29 is 18.7 Å². The molecule has 1 heterocycles. The van der Waals surface area contributed by atoms with Gasteiger partial charge in [-0.3, -0.25) is 9.69 Å². The molecule has 1 fully saturated rings. The van der Waals surface area contributed by atoms with Gasteiger partial charge in [-0.25, -0.2) is 8.78 Å². The molecule has 1 aromatic carbocycles. The number of carbonyl (C=O) groups is 1. The summed E-state index contributed by atoms with van der Waals surface area (Å²) >= 11 is 0. The second-order valence-corrected chi connectivity index (χ2v) is 5.75. The van der Waals surface area contributed by atoms with E-state index in [0.717, 1.165) is 0 Å². The van der Waals surface area contributed by atoms with Crippen LogP contribution in [0.3, 0.4) is 0 Å². The van der Waals surface area contributed by atoms with Gasteiger partial charge in [-0.1, -0.05) is 6.07 Å². The first kappa shape index (κ1) is 14.9. The summed E-state index contributed by atoms with van der Waals surface area (Å²) in [5.41, 5.74) is -0.837. The number of carboxylic acid groups (broad SMARTS) is 1. The zero-order chi connectivity index (χ0) is 14.9. The summed E-state index contributed by atoms with van der Waals surface area (Å²) in [7, 11) is 0. The number of piperidine rings is 1. The summed E-state index contributed by atoms with van der Waals surface area (Å²) in [6.07, 6.45) is 1.30. The van der Waals surface area contributed by atoms with Crippen molar-refractivity contribution in [3.05, 3.63) is 35.4 Å². The molecule has 2 atom stereocenters. The fourth-order valence-electron chi connectivity index (χ4n) is 2.88. The molecular formula is C15H19F2NO2. The highest BCUT2D eigenvalue weighted by molar-refractivity contribution is 5.74. The first-order valence-electron chi connectivity index (χ1n) is 6.76. The summed E-state index contributed by atoms with van der Waals surface area (Å²) in [5, 5.41) is 9.30. The smallest absolute Gasteiger partial charge is 0.310 e. The number of nitrogens with zero attached hydrogens (tertiary/aromatic N) is 1. The summed E-state index contributed by atoms with van der Waals surface area (Å²) in [6.45, 7) is 4.36. The second-order valence-electron chi connectivity index (χ2n) is 5.75. The lowest BCUT2D eigenvalue weighted by Crippen LogP contribution is -2.47. The van der Waals surface area contributed by atoms with Crippen LogP contribution in [0.1, 0.15) is 38.3 Å². The summed E-state index contributed by atoms with van der Waals surface area (Å²) < 4.78 is 27.6. The highest BCUT2D eigenvalue weighted by Gasteiger charge is 2.39. The molecule has 1 N–H and O–H groups in total. The lowest BCUT2D eigenvalue weighted by Gasteiger charge is -2.40. The molecule has 0 amide bonds. The van der Waals surface area contributed by atoms with E-state index in [-0.39, 0.29) is 5.56 Å². The standard InChI is InChI=1S/C15H19F2NO2/c1-10(13-11(16)5-3-6-12(13)17)18-8-4-7-15(2,9-18)14(19)20/h3,5-6,10H,4,7-9H2,1-2H3,(H,19,20). The maximum Gasteiger partial charge on any atom is 0.310 e. The maximum absolute atomic E-state index is 13.8. The summed E-state index contributed by atoms with van der Waals surface area (Å²) in [5.74, 6) is -2.02. The average molecular weight is 283 g/mol. The van der Waals surface area contributed by atoms with Gasteiger partial charge < -0.3 is 5.11 Å². The molecular weight excluding hydrogens is 264 g/mol. The zero-order valence-electron chi connectivity index (χ0n) is 11.7. The predicted octanol–water partition coefficient (Wildman–Crippen LogP) is 3.21. The quantitative estimate of drug-likeness (QED) is 0.926. The van der Waals surface area contributed by atoms with Crippen LogP contribution < -0.4 is 0 Å². The van der Waals surface area contributed by atoms with Crippen LogP contribution >= 0.6 is 0 Å². The Morgan fingerprint density at radius 2 is 2.00 bits per heavy atom. The van der Waals surface area contributed by atoms with E-state index in [1.165, 1.54) is 18.2 Å². The van der Waals surface area contributed by atoms with Gasteiger partial charge in [0.25, 0.3) is 0 Å². The Hall–Kier alpha value is -1.49. The van der Waals surface area contributed by atoms with Crippen LogP contribution in [0.4, 0.5) is 8.78 Å². The van der Waals surface area contributed by atoms with Crippen LogP contribution in [-0.4, -0.2) is 29.1 Å². The van der Waals surface area contributed by atoms with Crippen LogP contribution in [0.15, 0.2) is 18.2 Å². The lowest BCUT2D eigenvalue weighted by atomic mass is 9.81. The van der Waals surface area contributed by atoms with Crippen molar-refractivity contribution in [1.29, 1.82) is 0 Å². The monoisotopic (exact) mass is 283 g/mol. The molecule has 20 heavy (non-hydrogen) atoms. The molecule has 1 aromatic rings. The molecule has 3 nitrogen and oxygen atoms in total. The van der Waals surface area contributed by atoms with Gasteiger partial charge >= 0.3 is 5.97 Å². The number of benzene rings is 1. The molecule has 0 spiro atoms. The van der Waals surface area contributed by atoms with Gasteiger partial charge in [-0.2, -0.15) is 0 Å². The number of carboxylic acids is 1. The Morgan fingerprint density at radius 1 is 1.40 bits per heavy atom. The number of rotatable bonds is 3. The van der Waals surface area contributed by atoms with Crippen LogP contribution in [0, 0.1) is 17.0 Å². The van der Waals surface area contributed by atoms with Gasteiger partial charge in [-0.15, -0.1) is 0 Å². The molecule has 1 saturated heterocycles. The van der Waals surface area contributed by atoms with Crippen molar-refractivity contribution >= 4 is 5.97 Å². The van der Waals surface area contributed by atoms with E-state index in [4.69, 9.17) is 0 Å². The van der Waals surface area contributed by atoms with E-state index in [9.17, 15) is 18.7 Å². The Kier molecular flexibility index (Phi) is 4.09. The molecule has 2 unspecified atom stereocenters. The first-order chi connectivity index (χ1) is 9.35. The van der Waals surface area contributed by atoms with Crippen molar-refractivity contribution in [3.63, 3.8) is 0 Å². The number of aliphatic carboxylic acids is 1. The topological polar surface area (TPSA) is 40.5 Å². The van der Waals surface area contributed by atoms with Crippen molar-refractivity contribution in [2.75, 3.05) is 13.1 Å². The molecule has 2 rings (SSSR count). The normalized spacial score (nSPS) is 25.4. The van der Waals surface area contributed by atoms with Crippen molar-refractivity contribution in [3.8, 4) is 0 Å². The molecule has 0 bridgehead atoms. The van der Waals surface area contributed by atoms with E-state index in [0.29, 0.717) is 25.9 Å². The molecule has 1 aliphatic rings. The fourth-order valence-corrected chi connectivity index (χ4v) is 2.88. The fraction of sp³-hybridized carbons (Fsp3) is 0.533.